The van der Waals surface area contributed by atoms with Crippen LogP contribution < -0.4 is 5.73 Å². The van der Waals surface area contributed by atoms with Gasteiger partial charge in [0.05, 0.1) is 0 Å². The molecule has 0 unspecified atom stereocenters. The van der Waals surface area contributed by atoms with Crippen molar-refractivity contribution >= 4 is 33.8 Å². The lowest BCUT2D eigenvalue weighted by Gasteiger charge is -2.07. The lowest BCUT2D eigenvalue weighted by atomic mass is 9.97. The third-order valence-electron chi connectivity index (χ3n) is 5.27. The second-order valence-electron chi connectivity index (χ2n) is 7.21. The number of hydrogen-bond acceptors (Lipinski definition) is 2. The van der Waals surface area contributed by atoms with Gasteiger partial charge in [-0.3, -0.25) is 4.79 Å². The van der Waals surface area contributed by atoms with E-state index in [2.05, 4.69) is 58.5 Å². The predicted octanol–water partition coefficient (Wildman–Crippen LogP) is 5.55. The van der Waals surface area contributed by atoms with Gasteiger partial charge in [0.25, 0.3) is 0 Å². The Bertz CT molecular complexity index is 1420. The van der Waals surface area contributed by atoms with E-state index in [0.717, 1.165) is 33.3 Å². The van der Waals surface area contributed by atoms with Gasteiger partial charge in [0.15, 0.2) is 0 Å². The smallest absolute Gasteiger partial charge is 0.241 e. The highest BCUT2D eigenvalue weighted by Gasteiger charge is 2.11. The van der Waals surface area contributed by atoms with Crippen LogP contribution in [0.25, 0.3) is 50.1 Å². The molecule has 4 heteroatoms. The number of fused-ring (bicyclic) bond motifs is 2. The van der Waals surface area contributed by atoms with E-state index in [-0.39, 0.29) is 0 Å². The summed E-state index contributed by atoms with van der Waals surface area (Å²) in [7, 11) is 0. The fourth-order valence-electron chi connectivity index (χ4n) is 3.84. The van der Waals surface area contributed by atoms with E-state index in [0.29, 0.717) is 0 Å². The van der Waals surface area contributed by atoms with E-state index in [1.165, 1.54) is 22.4 Å². The number of aromatic amines is 1. The van der Waals surface area contributed by atoms with Gasteiger partial charge in [0.1, 0.15) is 5.65 Å². The number of H-pyrrole nitrogens is 1. The number of amides is 1. The van der Waals surface area contributed by atoms with Crippen molar-refractivity contribution in [1.29, 1.82) is 0 Å². The van der Waals surface area contributed by atoms with Crippen LogP contribution in [-0.2, 0) is 4.79 Å². The minimum Gasteiger partial charge on any atom is -0.366 e. The molecule has 0 bridgehead atoms. The van der Waals surface area contributed by atoms with Gasteiger partial charge < -0.3 is 10.7 Å². The summed E-state index contributed by atoms with van der Waals surface area (Å²) < 4.78 is 0. The van der Waals surface area contributed by atoms with Gasteiger partial charge in [-0.25, -0.2) is 4.98 Å². The van der Waals surface area contributed by atoms with Gasteiger partial charge in [-0.15, -0.1) is 0 Å². The summed E-state index contributed by atoms with van der Waals surface area (Å²) >= 11 is 0. The lowest BCUT2D eigenvalue weighted by Crippen LogP contribution is -2.05. The zero-order valence-corrected chi connectivity index (χ0v) is 16.2. The first kappa shape index (κ1) is 17.9. The van der Waals surface area contributed by atoms with Crippen LogP contribution >= 0.6 is 0 Å². The number of nitrogens with one attached hydrogen (secondary N) is 1. The number of rotatable bonds is 4. The van der Waals surface area contributed by atoms with Crippen LogP contribution in [0.3, 0.4) is 0 Å². The third kappa shape index (κ3) is 3.25. The summed E-state index contributed by atoms with van der Waals surface area (Å²) in [6, 6.07) is 24.9. The minimum atomic E-state index is -0.462. The maximum absolute atomic E-state index is 11.0. The molecule has 5 rings (SSSR count). The van der Waals surface area contributed by atoms with Crippen LogP contribution in [0.1, 0.15) is 5.56 Å². The number of nitrogens with two attached hydrogens (primary N) is 1. The molecule has 5 aromatic rings. The summed E-state index contributed by atoms with van der Waals surface area (Å²) in [6.07, 6.45) is 6.97. The Kier molecular flexibility index (Phi) is 4.37. The maximum atomic E-state index is 11.0. The third-order valence-corrected chi connectivity index (χ3v) is 5.27. The highest BCUT2D eigenvalue weighted by Crippen LogP contribution is 2.35. The van der Waals surface area contributed by atoms with Crippen molar-refractivity contribution < 1.29 is 4.79 Å². The van der Waals surface area contributed by atoms with Gasteiger partial charge in [-0.05, 0) is 45.7 Å². The summed E-state index contributed by atoms with van der Waals surface area (Å²) in [5.41, 5.74) is 11.3. The fraction of sp³-hybridized carbons (Fsp3) is 0. The van der Waals surface area contributed by atoms with Crippen LogP contribution in [0, 0.1) is 0 Å². The van der Waals surface area contributed by atoms with Crippen molar-refractivity contribution in [2.24, 2.45) is 5.73 Å². The monoisotopic (exact) mass is 389 g/mol. The first-order valence-electron chi connectivity index (χ1n) is 9.72. The largest absolute Gasteiger partial charge is 0.366 e. The molecule has 0 radical (unpaired) electrons. The van der Waals surface area contributed by atoms with Gasteiger partial charge in [0.2, 0.25) is 5.91 Å². The van der Waals surface area contributed by atoms with Gasteiger partial charge in [0, 0.05) is 35.0 Å². The van der Waals surface area contributed by atoms with Gasteiger partial charge >= 0.3 is 0 Å². The Balaban J connectivity index is 1.64. The number of pyridine rings is 1. The molecule has 4 nitrogen and oxygen atoms in total. The normalized spacial score (nSPS) is 11.5. The zero-order chi connectivity index (χ0) is 20.5. The van der Waals surface area contributed by atoms with Crippen LogP contribution in [0.5, 0.6) is 0 Å². The molecule has 1 amide bonds. The average Bonchev–Trinajstić information content (AvgIpc) is 3.20. The van der Waals surface area contributed by atoms with Gasteiger partial charge in [-0.1, -0.05) is 60.7 Å². The molecule has 0 saturated carbocycles. The number of hydrogen-bond donors (Lipinski definition) is 2. The molecule has 3 aromatic carbocycles. The van der Waals surface area contributed by atoms with E-state index >= 15 is 0 Å². The molecule has 144 valence electrons. The lowest BCUT2D eigenvalue weighted by molar-refractivity contribution is -0.113. The SMILES string of the molecule is NC(=O)C=Cc1cccc(-c2cnc3[nH]cc(-c4cccc5ccccc45)c3c2)c1. The van der Waals surface area contributed by atoms with E-state index in [1.807, 2.05) is 36.7 Å². The quantitative estimate of drug-likeness (QED) is 0.396. The molecule has 0 saturated heterocycles. The molecule has 0 atom stereocenters. The number of primary amides is 1. The molecule has 2 heterocycles. The van der Waals surface area contributed by atoms with Crippen LogP contribution in [0.4, 0.5) is 0 Å². The topological polar surface area (TPSA) is 71.8 Å². The van der Waals surface area contributed by atoms with Gasteiger partial charge in [-0.2, -0.15) is 0 Å². The fourth-order valence-corrected chi connectivity index (χ4v) is 3.84. The van der Waals surface area contributed by atoms with Crippen molar-refractivity contribution in [3.05, 3.63) is 96.8 Å². The highest BCUT2D eigenvalue weighted by molar-refractivity contribution is 6.05. The summed E-state index contributed by atoms with van der Waals surface area (Å²) in [5, 5.41) is 3.49. The number of aromatic nitrogens is 2. The first-order chi connectivity index (χ1) is 14.7. The zero-order valence-electron chi connectivity index (χ0n) is 16.2. The van der Waals surface area contributed by atoms with Crippen LogP contribution in [0.15, 0.2) is 91.3 Å². The summed E-state index contributed by atoms with van der Waals surface area (Å²) in [5.74, 6) is -0.462. The Labute approximate surface area is 173 Å². The summed E-state index contributed by atoms with van der Waals surface area (Å²) in [6.45, 7) is 0. The van der Waals surface area contributed by atoms with Crippen LogP contribution in [-0.4, -0.2) is 15.9 Å². The minimum absolute atomic E-state index is 0.462. The maximum Gasteiger partial charge on any atom is 0.241 e. The Morgan fingerprint density at radius 2 is 1.70 bits per heavy atom. The molecule has 0 aliphatic rings. The van der Waals surface area contributed by atoms with Crippen molar-refractivity contribution in [2.75, 3.05) is 0 Å². The van der Waals surface area contributed by atoms with E-state index < -0.39 is 5.91 Å². The second-order valence-corrected chi connectivity index (χ2v) is 7.21. The molecular formula is C26H19N3O. The van der Waals surface area contributed by atoms with E-state index in [1.54, 1.807) is 6.08 Å². The van der Waals surface area contributed by atoms with Crippen molar-refractivity contribution in [2.45, 2.75) is 0 Å². The van der Waals surface area contributed by atoms with E-state index in [4.69, 9.17) is 5.73 Å². The highest BCUT2D eigenvalue weighted by atomic mass is 16.1. The molecule has 0 fully saturated rings. The average molecular weight is 389 g/mol. The standard InChI is InChI=1S/C26H19N3O/c27-25(30)12-11-17-5-3-8-19(13-17)20-14-23-24(16-29-26(23)28-15-20)22-10-4-7-18-6-1-2-9-21(18)22/h1-16H,(H2,27,30)(H,28,29). The predicted molar refractivity (Wildman–Crippen MR) is 123 cm³/mol. The Morgan fingerprint density at radius 1 is 0.867 bits per heavy atom. The molecular weight excluding hydrogens is 370 g/mol. The molecule has 2 aromatic heterocycles. The molecule has 0 aliphatic carbocycles. The molecule has 0 aliphatic heterocycles. The molecule has 30 heavy (non-hydrogen) atoms. The Morgan fingerprint density at radius 3 is 2.60 bits per heavy atom. The van der Waals surface area contributed by atoms with Crippen molar-refractivity contribution in [1.82, 2.24) is 9.97 Å². The molecule has 0 spiro atoms. The van der Waals surface area contributed by atoms with Crippen molar-refractivity contribution in [3.63, 3.8) is 0 Å². The number of benzene rings is 3. The first-order valence-corrected chi connectivity index (χ1v) is 9.72. The number of nitrogens with zero attached hydrogens (tertiary/aromatic N) is 1. The van der Waals surface area contributed by atoms with E-state index in [9.17, 15) is 4.79 Å². The van der Waals surface area contributed by atoms with Crippen LogP contribution in [0.2, 0.25) is 0 Å². The number of carbonyl (C=O) groups excluding carboxylic acids is 1. The summed E-state index contributed by atoms with van der Waals surface area (Å²) in [4.78, 5) is 19.0. The number of carbonyl (C=O) groups is 1. The Hall–Kier alpha value is -4.18. The molecule has 3 N–H and O–H groups in total. The second kappa shape index (κ2) is 7.33. The van der Waals surface area contributed by atoms with Crippen molar-refractivity contribution in [3.8, 4) is 22.3 Å².